The van der Waals surface area contributed by atoms with Crippen molar-refractivity contribution < 1.29 is 14.0 Å². The third-order valence-electron chi connectivity index (χ3n) is 4.78. The Bertz CT molecular complexity index is 729. The normalized spacial score (nSPS) is 12.2. The van der Waals surface area contributed by atoms with E-state index in [0.29, 0.717) is 6.61 Å². The highest BCUT2D eigenvalue weighted by molar-refractivity contribution is 6.74. The Morgan fingerprint density at radius 3 is 2.29 bits per heavy atom. The molecule has 0 aliphatic rings. The fourth-order valence-electron chi connectivity index (χ4n) is 2.38. The van der Waals surface area contributed by atoms with E-state index in [-0.39, 0.29) is 17.4 Å². The molecule has 0 atom stereocenters. The van der Waals surface area contributed by atoms with Crippen LogP contribution >= 0.6 is 0 Å². The van der Waals surface area contributed by atoms with E-state index in [0.717, 1.165) is 22.1 Å². The number of carbonyl (C=O) groups excluding carboxylic acids is 1. The number of hydrogen-bond acceptors (Lipinski definition) is 3. The Balaban J connectivity index is 2.42. The molecule has 0 fully saturated rings. The molecule has 4 heteroatoms. The second-order valence-electron chi connectivity index (χ2n) is 7.61. The van der Waals surface area contributed by atoms with Gasteiger partial charge in [-0.3, -0.25) is 4.79 Å². The third-order valence-corrected chi connectivity index (χ3v) is 9.13. The topological polar surface area (TPSA) is 35.5 Å². The summed E-state index contributed by atoms with van der Waals surface area (Å²) >= 11 is 0. The van der Waals surface area contributed by atoms with Crippen molar-refractivity contribution >= 4 is 25.1 Å². The van der Waals surface area contributed by atoms with Gasteiger partial charge in [0, 0.05) is 5.39 Å². The molecule has 0 radical (unpaired) electrons. The van der Waals surface area contributed by atoms with E-state index < -0.39 is 8.32 Å². The summed E-state index contributed by atoms with van der Waals surface area (Å²) in [6.07, 6.45) is 0.286. The number of ether oxygens (including phenoxy) is 1. The number of benzene rings is 2. The van der Waals surface area contributed by atoms with Crippen LogP contribution < -0.4 is 4.43 Å². The lowest BCUT2D eigenvalue weighted by atomic mass is 10.0. The first-order valence-corrected chi connectivity index (χ1v) is 11.4. The summed E-state index contributed by atoms with van der Waals surface area (Å²) in [5.41, 5.74) is 0.978. The van der Waals surface area contributed by atoms with Crippen LogP contribution in [0.4, 0.5) is 0 Å². The molecule has 0 aliphatic carbocycles. The number of esters is 1. The van der Waals surface area contributed by atoms with Gasteiger partial charge in [-0.25, -0.2) is 0 Å². The van der Waals surface area contributed by atoms with Gasteiger partial charge in [0.2, 0.25) is 0 Å². The first-order chi connectivity index (χ1) is 11.2. The zero-order chi connectivity index (χ0) is 18.0. The van der Waals surface area contributed by atoms with Crippen molar-refractivity contribution in [2.24, 2.45) is 0 Å². The van der Waals surface area contributed by atoms with Crippen molar-refractivity contribution in [1.29, 1.82) is 0 Å². The van der Waals surface area contributed by atoms with Crippen LogP contribution in [-0.4, -0.2) is 20.9 Å². The SMILES string of the molecule is CCOC(=O)Cc1cccc2c(O[Si](C)(C)C(C)(C)C)cccc12. The maximum atomic E-state index is 11.9. The van der Waals surface area contributed by atoms with Crippen LogP contribution in [0.3, 0.4) is 0 Å². The van der Waals surface area contributed by atoms with Crippen molar-refractivity contribution in [2.75, 3.05) is 6.61 Å². The zero-order valence-electron chi connectivity index (χ0n) is 15.6. The number of hydrogen-bond donors (Lipinski definition) is 0. The van der Waals surface area contributed by atoms with Crippen molar-refractivity contribution in [3.8, 4) is 5.75 Å². The largest absolute Gasteiger partial charge is 0.543 e. The van der Waals surface area contributed by atoms with E-state index in [1.54, 1.807) is 0 Å². The van der Waals surface area contributed by atoms with Crippen molar-refractivity contribution in [1.82, 2.24) is 0 Å². The van der Waals surface area contributed by atoms with E-state index >= 15 is 0 Å². The molecule has 0 aliphatic heterocycles. The maximum Gasteiger partial charge on any atom is 0.310 e. The standard InChI is InChI=1S/C20H28O3Si/c1-7-22-19(21)14-15-10-8-12-17-16(15)11-9-13-18(17)23-24(5,6)20(2,3)4/h8-13H,7,14H2,1-6H3. The highest BCUT2D eigenvalue weighted by Gasteiger charge is 2.39. The molecule has 2 aromatic rings. The van der Waals surface area contributed by atoms with E-state index in [9.17, 15) is 4.79 Å². The summed E-state index contributed by atoms with van der Waals surface area (Å²) in [7, 11) is -1.92. The molecule has 0 aromatic heterocycles. The van der Waals surface area contributed by atoms with Gasteiger partial charge < -0.3 is 9.16 Å². The smallest absolute Gasteiger partial charge is 0.310 e. The Kier molecular flexibility index (Phi) is 5.38. The van der Waals surface area contributed by atoms with Gasteiger partial charge in [-0.05, 0) is 42.1 Å². The van der Waals surface area contributed by atoms with Gasteiger partial charge in [0.15, 0.2) is 0 Å². The average Bonchev–Trinajstić information content (AvgIpc) is 2.47. The summed E-state index contributed by atoms with van der Waals surface area (Å²) in [5, 5.41) is 2.25. The lowest BCUT2D eigenvalue weighted by molar-refractivity contribution is -0.142. The summed E-state index contributed by atoms with van der Waals surface area (Å²) in [5.74, 6) is 0.713. The minimum atomic E-state index is -1.92. The van der Waals surface area contributed by atoms with Crippen LogP contribution in [0, 0.1) is 0 Å². The number of fused-ring (bicyclic) bond motifs is 1. The van der Waals surface area contributed by atoms with Gasteiger partial charge in [0.25, 0.3) is 8.32 Å². The molecule has 2 rings (SSSR count). The van der Waals surface area contributed by atoms with Gasteiger partial charge in [0.1, 0.15) is 5.75 Å². The minimum Gasteiger partial charge on any atom is -0.543 e. The van der Waals surface area contributed by atoms with Crippen LogP contribution in [0.1, 0.15) is 33.3 Å². The molecular weight excluding hydrogens is 316 g/mol. The quantitative estimate of drug-likeness (QED) is 0.543. The number of rotatable bonds is 5. The monoisotopic (exact) mass is 344 g/mol. The lowest BCUT2D eigenvalue weighted by Crippen LogP contribution is -2.43. The van der Waals surface area contributed by atoms with Gasteiger partial charge in [-0.2, -0.15) is 0 Å². The third kappa shape index (κ3) is 3.98. The van der Waals surface area contributed by atoms with Crippen molar-refractivity contribution in [3.05, 3.63) is 42.0 Å². The molecule has 0 spiro atoms. The highest BCUT2D eigenvalue weighted by atomic mass is 28.4. The summed E-state index contributed by atoms with van der Waals surface area (Å²) in [4.78, 5) is 11.9. The van der Waals surface area contributed by atoms with Crippen LogP contribution in [-0.2, 0) is 16.0 Å². The van der Waals surface area contributed by atoms with Gasteiger partial charge in [0.05, 0.1) is 13.0 Å². The van der Waals surface area contributed by atoms with Crippen LogP contribution in [0.2, 0.25) is 18.1 Å². The Hall–Kier alpha value is -1.81. The number of carbonyl (C=O) groups is 1. The van der Waals surface area contributed by atoms with E-state index in [4.69, 9.17) is 9.16 Å². The highest BCUT2D eigenvalue weighted by Crippen LogP contribution is 2.39. The van der Waals surface area contributed by atoms with E-state index in [2.05, 4.69) is 39.9 Å². The summed E-state index contributed by atoms with van der Waals surface area (Å²) in [6, 6.07) is 12.1. The predicted molar refractivity (Wildman–Crippen MR) is 102 cm³/mol. The predicted octanol–water partition coefficient (Wildman–Crippen LogP) is 5.33. The molecule has 2 aromatic carbocycles. The van der Waals surface area contributed by atoms with Gasteiger partial charge in [-0.15, -0.1) is 0 Å². The Morgan fingerprint density at radius 1 is 1.04 bits per heavy atom. The lowest BCUT2D eigenvalue weighted by Gasteiger charge is -2.36. The van der Waals surface area contributed by atoms with E-state index in [1.807, 2.05) is 37.3 Å². The molecule has 0 unspecified atom stereocenters. The first-order valence-electron chi connectivity index (χ1n) is 8.51. The molecule has 0 saturated heterocycles. The molecule has 0 bridgehead atoms. The molecule has 0 N–H and O–H groups in total. The molecular formula is C20H28O3Si. The fraction of sp³-hybridized carbons (Fsp3) is 0.450. The van der Waals surface area contributed by atoms with Crippen LogP contribution in [0.5, 0.6) is 5.75 Å². The van der Waals surface area contributed by atoms with Gasteiger partial charge in [-0.1, -0.05) is 51.1 Å². The second-order valence-corrected chi connectivity index (χ2v) is 12.3. The zero-order valence-corrected chi connectivity index (χ0v) is 16.6. The summed E-state index contributed by atoms with van der Waals surface area (Å²) < 4.78 is 11.6. The molecule has 24 heavy (non-hydrogen) atoms. The Morgan fingerprint density at radius 2 is 1.67 bits per heavy atom. The second kappa shape index (κ2) is 6.97. The maximum absolute atomic E-state index is 11.9. The van der Waals surface area contributed by atoms with Crippen LogP contribution in [0.25, 0.3) is 10.8 Å². The molecule has 0 heterocycles. The molecule has 0 amide bonds. The fourth-order valence-corrected chi connectivity index (χ4v) is 3.42. The minimum absolute atomic E-state index is 0.137. The van der Waals surface area contributed by atoms with E-state index in [1.165, 1.54) is 0 Å². The average molecular weight is 345 g/mol. The van der Waals surface area contributed by atoms with Crippen molar-refractivity contribution in [3.63, 3.8) is 0 Å². The molecule has 0 saturated carbocycles. The van der Waals surface area contributed by atoms with Crippen molar-refractivity contribution in [2.45, 2.75) is 52.2 Å². The summed E-state index contributed by atoms with van der Waals surface area (Å²) in [6.45, 7) is 13.4. The molecule has 130 valence electrons. The Labute approximate surface area is 146 Å². The first kappa shape index (κ1) is 18.5. The van der Waals surface area contributed by atoms with Crippen LogP contribution in [0.15, 0.2) is 36.4 Å². The molecule has 3 nitrogen and oxygen atoms in total. The van der Waals surface area contributed by atoms with Gasteiger partial charge >= 0.3 is 5.97 Å².